The number of nitrogens with one attached hydrogen (secondary N) is 1. The predicted molar refractivity (Wildman–Crippen MR) is 52.7 cm³/mol. The van der Waals surface area contributed by atoms with Gasteiger partial charge in [0.05, 0.1) is 0 Å². The molecule has 0 spiro atoms. The van der Waals surface area contributed by atoms with Crippen molar-refractivity contribution in [2.75, 3.05) is 0 Å². The van der Waals surface area contributed by atoms with Crippen LogP contribution in [0.3, 0.4) is 0 Å². The Labute approximate surface area is 83.7 Å². The number of hydrogen-bond acceptors (Lipinski definition) is 3. The number of carboxylic acids is 1. The summed E-state index contributed by atoms with van der Waals surface area (Å²) < 4.78 is 0. The molecule has 5 heteroatoms. The molecule has 0 fully saturated rings. The molecule has 0 aromatic heterocycles. The molecule has 0 radical (unpaired) electrons. The molecule has 82 valence electrons. The van der Waals surface area contributed by atoms with Crippen LogP contribution in [0.15, 0.2) is 0 Å². The lowest BCUT2D eigenvalue weighted by molar-refractivity contribution is -0.141. The molecule has 1 amide bonds. The van der Waals surface area contributed by atoms with Gasteiger partial charge in [-0.2, -0.15) is 0 Å². The van der Waals surface area contributed by atoms with Crippen LogP contribution in [-0.2, 0) is 9.59 Å². The number of hydrogen-bond donors (Lipinski definition) is 3. The summed E-state index contributed by atoms with van der Waals surface area (Å²) in [5, 5.41) is 10.9. The second-order valence-corrected chi connectivity index (χ2v) is 3.50. The van der Waals surface area contributed by atoms with Crippen molar-refractivity contribution in [2.45, 2.75) is 45.2 Å². The summed E-state index contributed by atoms with van der Waals surface area (Å²) in [6.07, 6.45) is 1.80. The minimum absolute atomic E-state index is 0.0831. The van der Waals surface area contributed by atoms with E-state index < -0.39 is 12.0 Å². The third-order valence-electron chi connectivity index (χ3n) is 1.81. The Bertz CT molecular complexity index is 204. The molecule has 2 unspecified atom stereocenters. The molecule has 5 nitrogen and oxygen atoms in total. The number of rotatable bonds is 6. The van der Waals surface area contributed by atoms with Crippen molar-refractivity contribution in [1.29, 1.82) is 0 Å². The first-order valence-corrected chi connectivity index (χ1v) is 4.71. The van der Waals surface area contributed by atoms with E-state index in [2.05, 4.69) is 5.32 Å². The topological polar surface area (TPSA) is 92.4 Å². The number of aliphatic carboxylic acids is 1. The SMILES string of the molecule is CC(N)CCCC(=O)NC(C)C(=O)O. The summed E-state index contributed by atoms with van der Waals surface area (Å²) in [4.78, 5) is 21.5. The van der Waals surface area contributed by atoms with E-state index in [1.165, 1.54) is 6.92 Å². The minimum atomic E-state index is -1.02. The van der Waals surface area contributed by atoms with Crippen LogP contribution in [0.25, 0.3) is 0 Å². The maximum atomic E-state index is 11.1. The molecule has 2 atom stereocenters. The van der Waals surface area contributed by atoms with E-state index in [1.807, 2.05) is 6.92 Å². The van der Waals surface area contributed by atoms with E-state index in [0.29, 0.717) is 12.8 Å². The highest BCUT2D eigenvalue weighted by atomic mass is 16.4. The number of nitrogens with two attached hydrogens (primary N) is 1. The summed E-state index contributed by atoms with van der Waals surface area (Å²) in [5.74, 6) is -1.26. The zero-order chi connectivity index (χ0) is 11.1. The first-order valence-electron chi connectivity index (χ1n) is 4.71. The molecule has 0 aliphatic carbocycles. The number of carboxylic acid groups (broad SMARTS) is 1. The van der Waals surface area contributed by atoms with Gasteiger partial charge in [-0.25, -0.2) is 0 Å². The lowest BCUT2D eigenvalue weighted by Crippen LogP contribution is -2.38. The number of carbonyl (C=O) groups is 2. The molecule has 0 bridgehead atoms. The van der Waals surface area contributed by atoms with Crippen LogP contribution in [0.5, 0.6) is 0 Å². The normalized spacial score (nSPS) is 14.5. The first kappa shape index (κ1) is 12.9. The molecule has 0 saturated carbocycles. The van der Waals surface area contributed by atoms with Gasteiger partial charge in [0.2, 0.25) is 5.91 Å². The Morgan fingerprint density at radius 3 is 2.43 bits per heavy atom. The second-order valence-electron chi connectivity index (χ2n) is 3.50. The molecule has 4 N–H and O–H groups in total. The van der Waals surface area contributed by atoms with Crippen LogP contribution in [0, 0.1) is 0 Å². The van der Waals surface area contributed by atoms with Crippen molar-refractivity contribution in [3.63, 3.8) is 0 Å². The molecule has 0 aliphatic heterocycles. The fourth-order valence-electron chi connectivity index (χ4n) is 0.960. The van der Waals surface area contributed by atoms with Crippen molar-refractivity contribution >= 4 is 11.9 Å². The largest absolute Gasteiger partial charge is 0.480 e. The maximum Gasteiger partial charge on any atom is 0.325 e. The Balaban J connectivity index is 3.60. The highest BCUT2D eigenvalue weighted by Crippen LogP contribution is 1.98. The summed E-state index contributed by atoms with van der Waals surface area (Å²) >= 11 is 0. The molecule has 0 heterocycles. The van der Waals surface area contributed by atoms with Crippen molar-refractivity contribution in [3.05, 3.63) is 0 Å². The van der Waals surface area contributed by atoms with Gasteiger partial charge in [0.25, 0.3) is 0 Å². The van der Waals surface area contributed by atoms with Crippen LogP contribution < -0.4 is 11.1 Å². The molecule has 0 aliphatic rings. The molecular weight excluding hydrogens is 184 g/mol. The minimum Gasteiger partial charge on any atom is -0.480 e. The number of carbonyl (C=O) groups excluding carboxylic acids is 1. The summed E-state index contributed by atoms with van der Waals surface area (Å²) in [6, 6.07) is -0.738. The van der Waals surface area contributed by atoms with E-state index in [1.54, 1.807) is 0 Å². The third-order valence-corrected chi connectivity index (χ3v) is 1.81. The van der Waals surface area contributed by atoms with E-state index in [9.17, 15) is 9.59 Å². The maximum absolute atomic E-state index is 11.1. The Morgan fingerprint density at radius 2 is 2.00 bits per heavy atom. The quantitative estimate of drug-likeness (QED) is 0.569. The average Bonchev–Trinajstić information content (AvgIpc) is 2.02. The van der Waals surface area contributed by atoms with Gasteiger partial charge in [0, 0.05) is 12.5 Å². The van der Waals surface area contributed by atoms with E-state index in [4.69, 9.17) is 10.8 Å². The summed E-state index contributed by atoms with van der Waals surface area (Å²) in [5.41, 5.74) is 5.50. The molecule has 0 aromatic rings. The Hall–Kier alpha value is -1.10. The van der Waals surface area contributed by atoms with Gasteiger partial charge in [-0.1, -0.05) is 0 Å². The zero-order valence-corrected chi connectivity index (χ0v) is 8.62. The fourth-order valence-corrected chi connectivity index (χ4v) is 0.960. The highest BCUT2D eigenvalue weighted by molar-refractivity contribution is 5.83. The second kappa shape index (κ2) is 6.37. The lowest BCUT2D eigenvalue weighted by Gasteiger charge is -2.09. The zero-order valence-electron chi connectivity index (χ0n) is 8.62. The van der Waals surface area contributed by atoms with Crippen molar-refractivity contribution in [2.24, 2.45) is 5.73 Å². The van der Waals surface area contributed by atoms with E-state index >= 15 is 0 Å². The van der Waals surface area contributed by atoms with Crippen molar-refractivity contribution in [3.8, 4) is 0 Å². The Kier molecular flexibility index (Phi) is 5.87. The van der Waals surface area contributed by atoms with Crippen LogP contribution in [0.4, 0.5) is 0 Å². The van der Waals surface area contributed by atoms with Gasteiger partial charge < -0.3 is 16.2 Å². The van der Waals surface area contributed by atoms with Gasteiger partial charge in [0.15, 0.2) is 0 Å². The summed E-state index contributed by atoms with van der Waals surface area (Å²) in [7, 11) is 0. The first-order chi connectivity index (χ1) is 6.43. The lowest BCUT2D eigenvalue weighted by atomic mass is 10.1. The molecule has 0 rings (SSSR count). The van der Waals surface area contributed by atoms with Gasteiger partial charge in [0.1, 0.15) is 6.04 Å². The van der Waals surface area contributed by atoms with Crippen molar-refractivity contribution in [1.82, 2.24) is 5.32 Å². The Morgan fingerprint density at radius 1 is 1.43 bits per heavy atom. The third kappa shape index (κ3) is 6.42. The van der Waals surface area contributed by atoms with Gasteiger partial charge in [-0.15, -0.1) is 0 Å². The molecule has 14 heavy (non-hydrogen) atoms. The number of amides is 1. The van der Waals surface area contributed by atoms with Crippen LogP contribution in [0.2, 0.25) is 0 Å². The van der Waals surface area contributed by atoms with Crippen LogP contribution in [-0.4, -0.2) is 29.1 Å². The van der Waals surface area contributed by atoms with Gasteiger partial charge >= 0.3 is 5.97 Å². The van der Waals surface area contributed by atoms with E-state index in [0.717, 1.165) is 6.42 Å². The standard InChI is InChI=1S/C9H18N2O3/c1-6(10)4-3-5-8(12)11-7(2)9(13)14/h6-7H,3-5,10H2,1-2H3,(H,11,12)(H,13,14). The summed E-state index contributed by atoms with van der Waals surface area (Å²) in [6.45, 7) is 3.31. The molecule has 0 aromatic carbocycles. The monoisotopic (exact) mass is 202 g/mol. The van der Waals surface area contributed by atoms with E-state index in [-0.39, 0.29) is 11.9 Å². The van der Waals surface area contributed by atoms with Crippen LogP contribution >= 0.6 is 0 Å². The van der Waals surface area contributed by atoms with Gasteiger partial charge in [-0.05, 0) is 26.7 Å². The van der Waals surface area contributed by atoms with Crippen molar-refractivity contribution < 1.29 is 14.7 Å². The molecule has 0 saturated heterocycles. The highest BCUT2D eigenvalue weighted by Gasteiger charge is 2.13. The predicted octanol–water partition coefficient (Wildman–Crippen LogP) is 0.0932. The van der Waals surface area contributed by atoms with Crippen LogP contribution in [0.1, 0.15) is 33.1 Å². The molecular formula is C9H18N2O3. The fraction of sp³-hybridized carbons (Fsp3) is 0.778. The smallest absolute Gasteiger partial charge is 0.325 e. The van der Waals surface area contributed by atoms with Gasteiger partial charge in [-0.3, -0.25) is 9.59 Å². The average molecular weight is 202 g/mol.